The first-order valence-corrected chi connectivity index (χ1v) is 14.7. The molecule has 13 atom stereocenters. The summed E-state index contributed by atoms with van der Waals surface area (Å²) in [5.74, 6) is -0.387. The summed E-state index contributed by atoms with van der Waals surface area (Å²) < 4.78 is 16.9. The van der Waals surface area contributed by atoms with Gasteiger partial charge >= 0.3 is 5.97 Å². The van der Waals surface area contributed by atoms with E-state index in [9.17, 15) is 35.4 Å². The second kappa shape index (κ2) is 9.46. The number of hydrogen-bond donors (Lipinski definition) is 6. The van der Waals surface area contributed by atoms with E-state index in [-0.39, 0.29) is 36.8 Å². The Morgan fingerprint density at radius 1 is 0.974 bits per heavy atom. The summed E-state index contributed by atoms with van der Waals surface area (Å²) in [7, 11) is 0. The van der Waals surface area contributed by atoms with Crippen molar-refractivity contribution in [3.63, 3.8) is 0 Å². The van der Waals surface area contributed by atoms with Gasteiger partial charge in [-0.1, -0.05) is 6.92 Å². The molecule has 2 aliphatic heterocycles. The van der Waals surface area contributed by atoms with E-state index in [4.69, 9.17) is 14.2 Å². The van der Waals surface area contributed by atoms with Crippen molar-refractivity contribution >= 4 is 5.97 Å². The maximum atomic E-state index is 12.4. The topological polar surface area (TPSA) is 166 Å². The average molecular weight is 553 g/mol. The van der Waals surface area contributed by atoms with Gasteiger partial charge in [-0.15, -0.1) is 0 Å². The summed E-state index contributed by atoms with van der Waals surface area (Å²) in [6.45, 7) is 3.85. The average Bonchev–Trinajstić information content (AvgIpc) is 3.45. The van der Waals surface area contributed by atoms with Crippen molar-refractivity contribution in [2.45, 2.75) is 120 Å². The molecule has 0 bridgehead atoms. The Kier molecular flexibility index (Phi) is 6.80. The van der Waals surface area contributed by atoms with Gasteiger partial charge in [0.1, 0.15) is 24.9 Å². The van der Waals surface area contributed by atoms with Gasteiger partial charge in [0.05, 0.1) is 30.0 Å². The molecule has 0 amide bonds. The summed E-state index contributed by atoms with van der Waals surface area (Å²) in [6.07, 6.45) is 0.474. The van der Waals surface area contributed by atoms with E-state index in [0.717, 1.165) is 24.8 Å². The smallest absolute Gasteiger partial charge is 0.331 e. The molecule has 6 N–H and O–H groups in total. The first-order chi connectivity index (χ1) is 18.4. The lowest BCUT2D eigenvalue weighted by molar-refractivity contribution is -0.322. The standard InChI is InChI=1S/C29H44O10/c1-15-22(32)23(33)24(34)25(38-15)39-17-3-8-27(14-30)19-4-7-26(2)18(16-11-21(31)37-13-16)6-10-29(26,36)20(19)5-9-28(27,35)12-17/h11,15,17-20,22-25,30,32-36H,3-10,12-14H2,1-2H3/t15-,17-,18+,19?,20+,22-,23+,24+,25-,26+,27-,28-,29-/m0/s1. The number of carbonyl (C=O) groups excluding carboxylic acids is 1. The van der Waals surface area contributed by atoms with E-state index in [1.807, 2.05) is 0 Å². The number of aliphatic hydroxyl groups is 6. The lowest BCUT2D eigenvalue weighted by atomic mass is 9.41. The van der Waals surface area contributed by atoms with Crippen LogP contribution < -0.4 is 0 Å². The zero-order valence-electron chi connectivity index (χ0n) is 22.9. The number of rotatable bonds is 4. The van der Waals surface area contributed by atoms with Crippen LogP contribution in [0.15, 0.2) is 11.6 Å². The van der Waals surface area contributed by atoms with Crippen molar-refractivity contribution in [3.05, 3.63) is 11.6 Å². The second-order valence-corrected chi connectivity index (χ2v) is 13.6. The van der Waals surface area contributed by atoms with Gasteiger partial charge in [0.25, 0.3) is 0 Å². The fourth-order valence-corrected chi connectivity index (χ4v) is 9.93. The number of aliphatic hydroxyl groups excluding tert-OH is 4. The molecule has 2 heterocycles. The number of fused-ring (bicyclic) bond motifs is 5. The van der Waals surface area contributed by atoms with Crippen LogP contribution in [0.3, 0.4) is 0 Å². The van der Waals surface area contributed by atoms with Gasteiger partial charge in [-0.3, -0.25) is 0 Å². The zero-order valence-corrected chi connectivity index (χ0v) is 22.9. The van der Waals surface area contributed by atoms with Gasteiger partial charge in [-0.05, 0) is 81.6 Å². The molecule has 0 radical (unpaired) electrons. The molecule has 1 saturated heterocycles. The van der Waals surface area contributed by atoms with Crippen molar-refractivity contribution in [2.75, 3.05) is 13.2 Å². The van der Waals surface area contributed by atoms with Gasteiger partial charge in [0.15, 0.2) is 6.29 Å². The van der Waals surface area contributed by atoms with Crippen molar-refractivity contribution in [1.82, 2.24) is 0 Å². The van der Waals surface area contributed by atoms with Crippen LogP contribution in [0.1, 0.15) is 71.6 Å². The third-order valence-electron chi connectivity index (χ3n) is 12.2. The number of ether oxygens (including phenoxy) is 3. The highest BCUT2D eigenvalue weighted by molar-refractivity contribution is 5.85. The number of hydrogen-bond acceptors (Lipinski definition) is 10. The van der Waals surface area contributed by atoms with Gasteiger partial charge in [-0.25, -0.2) is 4.79 Å². The van der Waals surface area contributed by atoms with Crippen molar-refractivity contribution in [2.24, 2.45) is 28.6 Å². The molecule has 10 heteroatoms. The highest BCUT2D eigenvalue weighted by Gasteiger charge is 2.71. The summed E-state index contributed by atoms with van der Waals surface area (Å²) >= 11 is 0. The number of cyclic esters (lactones) is 1. The molecule has 0 aromatic carbocycles. The van der Waals surface area contributed by atoms with Crippen LogP contribution in [-0.2, 0) is 19.0 Å². The Bertz CT molecular complexity index is 1020. The van der Waals surface area contributed by atoms with Crippen LogP contribution in [0, 0.1) is 28.6 Å². The third-order valence-corrected chi connectivity index (χ3v) is 12.2. The zero-order chi connectivity index (χ0) is 28.0. The summed E-state index contributed by atoms with van der Waals surface area (Å²) in [5, 5.41) is 66.1. The minimum atomic E-state index is -1.41. The van der Waals surface area contributed by atoms with Gasteiger partial charge in [0, 0.05) is 23.3 Å². The molecule has 1 unspecified atom stereocenters. The Morgan fingerprint density at radius 2 is 1.72 bits per heavy atom. The van der Waals surface area contributed by atoms with Crippen LogP contribution in [0.4, 0.5) is 0 Å². The van der Waals surface area contributed by atoms with E-state index in [1.54, 1.807) is 13.0 Å². The van der Waals surface area contributed by atoms with Crippen LogP contribution in [-0.4, -0.2) is 97.8 Å². The predicted molar refractivity (Wildman–Crippen MR) is 136 cm³/mol. The normalized spacial score (nSPS) is 55.3. The first kappa shape index (κ1) is 28.0. The summed E-state index contributed by atoms with van der Waals surface area (Å²) in [6, 6.07) is 0. The third kappa shape index (κ3) is 3.86. The molecule has 0 aromatic rings. The monoisotopic (exact) mass is 552 g/mol. The predicted octanol–water partition coefficient (Wildman–Crippen LogP) is 0.543. The molecule has 6 rings (SSSR count). The van der Waals surface area contributed by atoms with Crippen molar-refractivity contribution in [3.8, 4) is 0 Å². The molecule has 39 heavy (non-hydrogen) atoms. The van der Waals surface area contributed by atoms with E-state index in [1.165, 1.54) is 0 Å². The Labute approximate surface area is 229 Å². The molecular weight excluding hydrogens is 508 g/mol. The largest absolute Gasteiger partial charge is 0.458 e. The fourth-order valence-electron chi connectivity index (χ4n) is 9.93. The summed E-state index contributed by atoms with van der Waals surface area (Å²) in [4.78, 5) is 11.8. The van der Waals surface area contributed by atoms with Crippen LogP contribution in [0.5, 0.6) is 0 Å². The molecule has 4 saturated carbocycles. The molecular formula is C29H44O10. The van der Waals surface area contributed by atoms with Gasteiger partial charge in [-0.2, -0.15) is 0 Å². The van der Waals surface area contributed by atoms with E-state index >= 15 is 0 Å². The highest BCUT2D eigenvalue weighted by atomic mass is 16.7. The summed E-state index contributed by atoms with van der Waals surface area (Å²) in [5.41, 5.74) is -2.40. The van der Waals surface area contributed by atoms with Crippen LogP contribution >= 0.6 is 0 Å². The lowest BCUT2D eigenvalue weighted by Gasteiger charge is -2.66. The minimum absolute atomic E-state index is 0.0667. The fraction of sp³-hybridized carbons (Fsp3) is 0.897. The molecule has 10 nitrogen and oxygen atoms in total. The van der Waals surface area contributed by atoms with E-state index < -0.39 is 58.8 Å². The lowest BCUT2D eigenvalue weighted by Crippen LogP contribution is -2.69. The number of esters is 1. The van der Waals surface area contributed by atoms with E-state index in [0.29, 0.717) is 38.7 Å². The van der Waals surface area contributed by atoms with Crippen molar-refractivity contribution < 1.29 is 49.6 Å². The molecule has 5 fully saturated rings. The maximum Gasteiger partial charge on any atom is 0.331 e. The van der Waals surface area contributed by atoms with Gasteiger partial charge < -0.3 is 44.8 Å². The minimum Gasteiger partial charge on any atom is -0.458 e. The molecule has 0 aromatic heterocycles. The SMILES string of the molecule is C[C@@H]1O[C@@H](O[C@H]2CC[C@]3(CO)C4CC[C@]5(C)[C@@H](C6=CC(=O)OC6)CC[C@]5(O)[C@@H]4CC[C@]3(O)C2)[C@H](O)[C@H](O)[C@H]1O. The number of carbonyl (C=O) groups is 1. The first-order valence-electron chi connectivity index (χ1n) is 14.7. The Balaban J connectivity index is 1.22. The quantitative estimate of drug-likeness (QED) is 0.214. The second-order valence-electron chi connectivity index (χ2n) is 13.6. The molecule has 6 aliphatic rings. The Morgan fingerprint density at radius 3 is 2.41 bits per heavy atom. The van der Waals surface area contributed by atoms with Gasteiger partial charge in [0.2, 0.25) is 0 Å². The van der Waals surface area contributed by atoms with Crippen molar-refractivity contribution in [1.29, 1.82) is 0 Å². The van der Waals surface area contributed by atoms with Crippen LogP contribution in [0.25, 0.3) is 0 Å². The maximum absolute atomic E-state index is 12.4. The molecule has 220 valence electrons. The highest BCUT2D eigenvalue weighted by Crippen LogP contribution is 2.70. The van der Waals surface area contributed by atoms with Crippen LogP contribution in [0.2, 0.25) is 0 Å². The molecule has 4 aliphatic carbocycles. The molecule has 0 spiro atoms. The van der Waals surface area contributed by atoms with E-state index in [2.05, 4.69) is 6.92 Å². The Hall–Kier alpha value is -1.11.